The van der Waals surface area contributed by atoms with Crippen LogP contribution in [0.2, 0.25) is 5.54 Å². The molecule has 1 aliphatic carbocycles. The summed E-state index contributed by atoms with van der Waals surface area (Å²) in [6, 6.07) is 0. The second kappa shape index (κ2) is 5.78. The highest BCUT2D eigenvalue weighted by atomic mass is 28.2. The topological polar surface area (TPSA) is 18.5 Å². The van der Waals surface area contributed by atoms with Crippen molar-refractivity contribution >= 4 is 9.76 Å². The van der Waals surface area contributed by atoms with Crippen LogP contribution in [0.4, 0.5) is 0 Å². The van der Waals surface area contributed by atoms with Gasteiger partial charge in [-0.3, -0.25) is 0 Å². The molecule has 0 bridgehead atoms. The van der Waals surface area contributed by atoms with Crippen LogP contribution in [0.15, 0.2) is 0 Å². The molecule has 1 saturated carbocycles. The fourth-order valence-corrected chi connectivity index (χ4v) is 3.72. The quantitative estimate of drug-likeness (QED) is 0.648. The first-order chi connectivity index (χ1) is 6.24. The molecule has 1 aliphatic rings. The van der Waals surface area contributed by atoms with Gasteiger partial charge in [-0.05, 0) is 32.2 Å². The van der Waals surface area contributed by atoms with Gasteiger partial charge in [0.25, 0.3) is 0 Å². The van der Waals surface area contributed by atoms with E-state index in [-0.39, 0.29) is 9.76 Å². The van der Waals surface area contributed by atoms with Gasteiger partial charge in [0.1, 0.15) is 0 Å². The van der Waals surface area contributed by atoms with Crippen molar-refractivity contribution < 1.29 is 9.16 Å². The second-order valence-corrected chi connectivity index (χ2v) is 5.92. The predicted octanol–water partition coefficient (Wildman–Crippen LogP) is 1.87. The molecule has 0 aliphatic heterocycles. The number of methoxy groups -OCH3 is 1. The van der Waals surface area contributed by atoms with E-state index in [1.165, 1.54) is 25.7 Å². The monoisotopic (exact) mass is 202 g/mol. The molecule has 3 heteroatoms. The lowest BCUT2D eigenvalue weighted by molar-refractivity contribution is 0.0651. The molecule has 0 aromatic rings. The minimum absolute atomic E-state index is 0.365. The molecule has 13 heavy (non-hydrogen) atoms. The normalized spacial score (nSPS) is 30.5. The van der Waals surface area contributed by atoms with Gasteiger partial charge in [0.05, 0.1) is 6.10 Å². The Morgan fingerprint density at radius 2 is 1.92 bits per heavy atom. The molecule has 78 valence electrons. The Balaban J connectivity index is 2.27. The Bertz CT molecular complexity index is 139. The largest absolute Gasteiger partial charge is 0.421 e. The zero-order valence-corrected chi connectivity index (χ0v) is 10.5. The summed E-state index contributed by atoms with van der Waals surface area (Å²) >= 11 is 0. The molecule has 0 saturated heterocycles. The van der Waals surface area contributed by atoms with Gasteiger partial charge in [-0.15, -0.1) is 0 Å². The molecule has 1 rings (SSSR count). The van der Waals surface area contributed by atoms with Crippen LogP contribution in [0.1, 0.15) is 39.5 Å². The van der Waals surface area contributed by atoms with Gasteiger partial charge >= 0.3 is 0 Å². The molecule has 0 amide bonds. The first-order valence-corrected chi connectivity index (χ1v) is 6.77. The molecule has 0 heterocycles. The molecule has 0 N–H and O–H groups in total. The summed E-state index contributed by atoms with van der Waals surface area (Å²) in [7, 11) is 1.47. The zero-order valence-electron chi connectivity index (χ0n) is 9.08. The smallest absolute Gasteiger partial charge is 0.167 e. The predicted molar refractivity (Wildman–Crippen MR) is 57.8 cm³/mol. The summed E-state index contributed by atoms with van der Waals surface area (Å²) < 4.78 is 11.3. The van der Waals surface area contributed by atoms with Crippen molar-refractivity contribution in [3.63, 3.8) is 0 Å². The summed E-state index contributed by atoms with van der Waals surface area (Å²) in [6.07, 6.45) is 6.20. The molecular formula is C10H22O2Si. The lowest BCUT2D eigenvalue weighted by Gasteiger charge is -2.30. The van der Waals surface area contributed by atoms with Crippen molar-refractivity contribution in [1.82, 2.24) is 0 Å². The summed E-state index contributed by atoms with van der Waals surface area (Å²) in [4.78, 5) is 0. The van der Waals surface area contributed by atoms with Gasteiger partial charge < -0.3 is 9.16 Å². The standard InChI is InChI=1S/C10H22O2Si/c1-8(2)12-13-10-7-5-4-6-9(10)11-3/h8-10H,4-7,13H2,1-3H3. The van der Waals surface area contributed by atoms with Crippen LogP contribution in [0.3, 0.4) is 0 Å². The molecule has 2 nitrogen and oxygen atoms in total. The maximum absolute atomic E-state index is 5.77. The number of hydrogen-bond donors (Lipinski definition) is 0. The lowest BCUT2D eigenvalue weighted by Crippen LogP contribution is -2.28. The van der Waals surface area contributed by atoms with Crippen molar-refractivity contribution in [2.75, 3.05) is 7.11 Å². The van der Waals surface area contributed by atoms with E-state index in [9.17, 15) is 0 Å². The molecular weight excluding hydrogens is 180 g/mol. The summed E-state index contributed by atoms with van der Waals surface area (Å²) in [5.74, 6) is 0. The van der Waals surface area contributed by atoms with Crippen molar-refractivity contribution in [2.45, 2.75) is 57.3 Å². The van der Waals surface area contributed by atoms with Crippen molar-refractivity contribution in [3.05, 3.63) is 0 Å². The number of ether oxygens (including phenoxy) is 1. The molecule has 0 aromatic heterocycles. The van der Waals surface area contributed by atoms with E-state index in [0.717, 1.165) is 5.54 Å². The van der Waals surface area contributed by atoms with Crippen LogP contribution in [0.5, 0.6) is 0 Å². The van der Waals surface area contributed by atoms with Crippen LogP contribution >= 0.6 is 0 Å². The van der Waals surface area contributed by atoms with E-state index in [1.807, 2.05) is 7.11 Å². The van der Waals surface area contributed by atoms with E-state index in [0.29, 0.717) is 12.2 Å². The molecule has 0 aromatic carbocycles. The molecule has 1 fully saturated rings. The first-order valence-electron chi connectivity index (χ1n) is 5.38. The van der Waals surface area contributed by atoms with Crippen LogP contribution in [-0.2, 0) is 9.16 Å². The molecule has 0 spiro atoms. The van der Waals surface area contributed by atoms with Gasteiger partial charge in [-0.2, -0.15) is 0 Å². The summed E-state index contributed by atoms with van der Waals surface area (Å²) in [5, 5.41) is 0. The highest BCUT2D eigenvalue weighted by molar-refractivity contribution is 6.29. The highest BCUT2D eigenvalue weighted by Gasteiger charge is 2.25. The maximum atomic E-state index is 5.77. The Morgan fingerprint density at radius 3 is 2.54 bits per heavy atom. The maximum Gasteiger partial charge on any atom is 0.167 e. The minimum Gasteiger partial charge on any atom is -0.421 e. The lowest BCUT2D eigenvalue weighted by atomic mass is 9.97. The Labute approximate surface area is 83.9 Å². The van der Waals surface area contributed by atoms with E-state index in [2.05, 4.69) is 13.8 Å². The van der Waals surface area contributed by atoms with E-state index < -0.39 is 0 Å². The molecule has 0 radical (unpaired) electrons. The van der Waals surface area contributed by atoms with Gasteiger partial charge in [0, 0.05) is 13.2 Å². The van der Waals surface area contributed by atoms with Gasteiger partial charge in [-0.25, -0.2) is 0 Å². The summed E-state index contributed by atoms with van der Waals surface area (Å²) in [5.41, 5.74) is 0.765. The third-order valence-electron chi connectivity index (χ3n) is 2.79. The van der Waals surface area contributed by atoms with Gasteiger partial charge in [0.15, 0.2) is 9.76 Å². The molecule has 2 atom stereocenters. The van der Waals surface area contributed by atoms with Crippen LogP contribution < -0.4 is 0 Å². The van der Waals surface area contributed by atoms with Crippen LogP contribution in [-0.4, -0.2) is 29.1 Å². The molecule has 2 unspecified atom stereocenters. The number of hydrogen-bond acceptors (Lipinski definition) is 2. The average molecular weight is 202 g/mol. The van der Waals surface area contributed by atoms with E-state index in [4.69, 9.17) is 9.16 Å². The second-order valence-electron chi connectivity index (χ2n) is 4.20. The van der Waals surface area contributed by atoms with Crippen LogP contribution in [0, 0.1) is 0 Å². The fourth-order valence-electron chi connectivity index (χ4n) is 1.99. The van der Waals surface area contributed by atoms with E-state index in [1.54, 1.807) is 0 Å². The van der Waals surface area contributed by atoms with Crippen molar-refractivity contribution in [2.24, 2.45) is 0 Å². The first kappa shape index (κ1) is 11.2. The van der Waals surface area contributed by atoms with Crippen molar-refractivity contribution in [3.8, 4) is 0 Å². The van der Waals surface area contributed by atoms with E-state index >= 15 is 0 Å². The Hall–Kier alpha value is 0.137. The van der Waals surface area contributed by atoms with Gasteiger partial charge in [0.2, 0.25) is 0 Å². The SMILES string of the molecule is COC1CCCCC1[SiH2]OC(C)C. The fraction of sp³-hybridized carbons (Fsp3) is 1.00. The van der Waals surface area contributed by atoms with Gasteiger partial charge in [-0.1, -0.05) is 12.8 Å². The zero-order chi connectivity index (χ0) is 9.68. The Kier molecular flexibility index (Phi) is 4.99. The third-order valence-corrected chi connectivity index (χ3v) is 5.01. The van der Waals surface area contributed by atoms with Crippen molar-refractivity contribution in [1.29, 1.82) is 0 Å². The number of rotatable bonds is 4. The average Bonchev–Trinajstić information content (AvgIpc) is 2.15. The highest BCUT2D eigenvalue weighted by Crippen LogP contribution is 2.30. The minimum atomic E-state index is -0.365. The third kappa shape index (κ3) is 3.79. The summed E-state index contributed by atoms with van der Waals surface area (Å²) in [6.45, 7) is 4.25. The Morgan fingerprint density at radius 1 is 1.23 bits per heavy atom. The van der Waals surface area contributed by atoms with Crippen LogP contribution in [0.25, 0.3) is 0 Å².